The lowest BCUT2D eigenvalue weighted by Gasteiger charge is -2.35. The van der Waals surface area contributed by atoms with Gasteiger partial charge in [-0.05, 0) is 29.8 Å². The van der Waals surface area contributed by atoms with Crippen LogP contribution in [-0.4, -0.2) is 53.0 Å². The molecule has 26 heavy (non-hydrogen) atoms. The van der Waals surface area contributed by atoms with E-state index in [-0.39, 0.29) is 16.5 Å². The number of nitrogens with zero attached hydrogens (tertiary/aromatic N) is 2. The van der Waals surface area contributed by atoms with Crippen LogP contribution in [0.2, 0.25) is 10.0 Å². The smallest absolute Gasteiger partial charge is 0.335 e. The van der Waals surface area contributed by atoms with E-state index < -0.39 is 5.97 Å². The monoisotopic (exact) mass is 392 g/mol. The molecule has 1 aliphatic rings. The number of amides is 1. The molecular formula is C19H18Cl2N2O3. The van der Waals surface area contributed by atoms with Crippen molar-refractivity contribution in [2.45, 2.75) is 6.54 Å². The van der Waals surface area contributed by atoms with Gasteiger partial charge in [0, 0.05) is 32.7 Å². The van der Waals surface area contributed by atoms with Gasteiger partial charge in [0.15, 0.2) is 0 Å². The third kappa shape index (κ3) is 4.18. The van der Waals surface area contributed by atoms with E-state index >= 15 is 0 Å². The molecule has 3 rings (SSSR count). The zero-order valence-corrected chi connectivity index (χ0v) is 15.5. The first-order valence-corrected chi connectivity index (χ1v) is 8.99. The van der Waals surface area contributed by atoms with E-state index in [1.165, 1.54) is 0 Å². The molecule has 0 atom stereocenters. The highest BCUT2D eigenvalue weighted by molar-refractivity contribution is 6.43. The average molecular weight is 393 g/mol. The molecule has 1 amide bonds. The number of hydrogen-bond donors (Lipinski definition) is 1. The van der Waals surface area contributed by atoms with Crippen LogP contribution in [-0.2, 0) is 6.54 Å². The average Bonchev–Trinajstić information content (AvgIpc) is 2.64. The molecule has 0 spiro atoms. The fourth-order valence-corrected chi connectivity index (χ4v) is 3.39. The molecule has 0 aliphatic carbocycles. The number of carbonyl (C=O) groups excluding carboxylic acids is 1. The largest absolute Gasteiger partial charge is 0.478 e. The molecule has 0 aromatic heterocycles. The van der Waals surface area contributed by atoms with Gasteiger partial charge in [0.2, 0.25) is 0 Å². The maximum Gasteiger partial charge on any atom is 0.335 e. The van der Waals surface area contributed by atoms with Crippen molar-refractivity contribution in [3.63, 3.8) is 0 Å². The second-order valence-corrected chi connectivity index (χ2v) is 6.96. The molecule has 5 nitrogen and oxygen atoms in total. The molecule has 0 saturated carbocycles. The zero-order valence-electron chi connectivity index (χ0n) is 14.0. The van der Waals surface area contributed by atoms with Crippen molar-refractivity contribution < 1.29 is 14.7 Å². The van der Waals surface area contributed by atoms with Crippen molar-refractivity contribution in [2.75, 3.05) is 26.2 Å². The summed E-state index contributed by atoms with van der Waals surface area (Å²) >= 11 is 12.1. The highest BCUT2D eigenvalue weighted by Gasteiger charge is 2.24. The number of hydrogen-bond acceptors (Lipinski definition) is 3. The Morgan fingerprint density at radius 1 is 1.00 bits per heavy atom. The summed E-state index contributed by atoms with van der Waals surface area (Å²) in [4.78, 5) is 27.7. The third-order valence-corrected chi connectivity index (χ3v) is 5.24. The van der Waals surface area contributed by atoms with Crippen LogP contribution < -0.4 is 0 Å². The number of piperazine rings is 1. The van der Waals surface area contributed by atoms with Crippen LogP contribution in [0.4, 0.5) is 0 Å². The number of rotatable bonds is 4. The fourth-order valence-electron chi connectivity index (χ4n) is 3.01. The molecule has 0 radical (unpaired) electrons. The topological polar surface area (TPSA) is 60.9 Å². The van der Waals surface area contributed by atoms with Gasteiger partial charge in [-0.2, -0.15) is 0 Å². The predicted octanol–water partition coefficient (Wildman–Crippen LogP) is 3.65. The minimum Gasteiger partial charge on any atom is -0.478 e. The molecule has 1 saturated heterocycles. The summed E-state index contributed by atoms with van der Waals surface area (Å²) in [5.41, 5.74) is 1.65. The van der Waals surface area contributed by atoms with E-state index in [1.807, 2.05) is 6.07 Å². The van der Waals surface area contributed by atoms with Crippen molar-refractivity contribution in [3.8, 4) is 0 Å². The van der Waals surface area contributed by atoms with Gasteiger partial charge in [-0.15, -0.1) is 0 Å². The highest BCUT2D eigenvalue weighted by Crippen LogP contribution is 2.27. The quantitative estimate of drug-likeness (QED) is 0.862. The Labute approximate surface area is 161 Å². The molecule has 1 fully saturated rings. The Hall–Kier alpha value is -2.08. The predicted molar refractivity (Wildman–Crippen MR) is 101 cm³/mol. The molecule has 1 N–H and O–H groups in total. The number of carbonyl (C=O) groups is 2. The van der Waals surface area contributed by atoms with Crippen molar-refractivity contribution in [2.24, 2.45) is 0 Å². The van der Waals surface area contributed by atoms with Gasteiger partial charge in [0.1, 0.15) is 0 Å². The molecule has 1 heterocycles. The van der Waals surface area contributed by atoms with Crippen molar-refractivity contribution in [1.29, 1.82) is 0 Å². The lowest BCUT2D eigenvalue weighted by atomic mass is 10.1. The minimum atomic E-state index is -0.930. The normalized spacial score (nSPS) is 15.1. The molecule has 7 heteroatoms. The summed E-state index contributed by atoms with van der Waals surface area (Å²) in [6, 6.07) is 12.0. The molecular weight excluding hydrogens is 375 g/mol. The second-order valence-electron chi connectivity index (χ2n) is 6.18. The van der Waals surface area contributed by atoms with Gasteiger partial charge in [0.05, 0.1) is 21.2 Å². The molecule has 1 aliphatic heterocycles. The lowest BCUT2D eigenvalue weighted by molar-refractivity contribution is 0.0626. The summed E-state index contributed by atoms with van der Waals surface area (Å²) in [5.74, 6) is -1.05. The number of carboxylic acids is 1. The van der Waals surface area contributed by atoms with Crippen LogP contribution in [0.1, 0.15) is 26.3 Å². The lowest BCUT2D eigenvalue weighted by Crippen LogP contribution is -2.48. The van der Waals surface area contributed by atoms with Gasteiger partial charge in [0.25, 0.3) is 5.91 Å². The van der Waals surface area contributed by atoms with Crippen LogP contribution >= 0.6 is 23.2 Å². The van der Waals surface area contributed by atoms with E-state index in [2.05, 4.69) is 4.90 Å². The van der Waals surface area contributed by atoms with Crippen LogP contribution in [0.25, 0.3) is 0 Å². The minimum absolute atomic E-state index is 0.120. The summed E-state index contributed by atoms with van der Waals surface area (Å²) in [5, 5.41) is 9.74. The number of benzene rings is 2. The van der Waals surface area contributed by atoms with Gasteiger partial charge < -0.3 is 10.0 Å². The maximum atomic E-state index is 12.7. The Morgan fingerprint density at radius 2 is 1.69 bits per heavy atom. The summed E-state index contributed by atoms with van der Waals surface area (Å²) in [6.07, 6.45) is 0. The Bertz CT molecular complexity index is 833. The summed E-state index contributed by atoms with van der Waals surface area (Å²) in [6.45, 7) is 3.24. The SMILES string of the molecule is O=C(O)c1cccc(CN2CCN(C(=O)c3cccc(Cl)c3Cl)CC2)c1. The second kappa shape index (κ2) is 8.08. The molecule has 136 valence electrons. The van der Waals surface area contributed by atoms with Crippen LogP contribution in [0.5, 0.6) is 0 Å². The first kappa shape index (κ1) is 18.7. The number of carboxylic acid groups (broad SMARTS) is 1. The van der Waals surface area contributed by atoms with Gasteiger partial charge in [-0.3, -0.25) is 9.69 Å². The Morgan fingerprint density at radius 3 is 2.38 bits per heavy atom. The summed E-state index contributed by atoms with van der Waals surface area (Å²) < 4.78 is 0. The molecule has 0 bridgehead atoms. The van der Waals surface area contributed by atoms with Crippen LogP contribution in [0.15, 0.2) is 42.5 Å². The van der Waals surface area contributed by atoms with E-state index in [9.17, 15) is 9.59 Å². The fraction of sp³-hybridized carbons (Fsp3) is 0.263. The molecule has 0 unspecified atom stereocenters. The van der Waals surface area contributed by atoms with Crippen molar-refractivity contribution in [1.82, 2.24) is 9.80 Å². The zero-order chi connectivity index (χ0) is 18.7. The molecule has 2 aromatic rings. The number of halogens is 2. The van der Waals surface area contributed by atoms with E-state index in [0.717, 1.165) is 5.56 Å². The number of aromatic carboxylic acids is 1. The van der Waals surface area contributed by atoms with Gasteiger partial charge in [-0.25, -0.2) is 4.79 Å². The standard InChI is InChI=1S/C19H18Cl2N2O3/c20-16-6-2-5-15(17(16)21)18(24)23-9-7-22(8-10-23)12-13-3-1-4-14(11-13)19(25)26/h1-6,11H,7-10,12H2,(H,25,26). The van der Waals surface area contributed by atoms with Crippen molar-refractivity contribution in [3.05, 3.63) is 69.2 Å². The van der Waals surface area contributed by atoms with Crippen molar-refractivity contribution >= 4 is 35.1 Å². The summed E-state index contributed by atoms with van der Waals surface area (Å²) in [7, 11) is 0. The highest BCUT2D eigenvalue weighted by atomic mass is 35.5. The van der Waals surface area contributed by atoms with Crippen LogP contribution in [0.3, 0.4) is 0 Å². The molecule has 2 aromatic carbocycles. The van der Waals surface area contributed by atoms with E-state index in [1.54, 1.807) is 41.3 Å². The Balaban J connectivity index is 1.61. The van der Waals surface area contributed by atoms with Gasteiger partial charge in [-0.1, -0.05) is 41.4 Å². The van der Waals surface area contributed by atoms with Gasteiger partial charge >= 0.3 is 5.97 Å². The first-order valence-electron chi connectivity index (χ1n) is 8.23. The van der Waals surface area contributed by atoms with E-state index in [4.69, 9.17) is 28.3 Å². The van der Waals surface area contributed by atoms with Crippen LogP contribution in [0, 0.1) is 0 Å². The first-order chi connectivity index (χ1) is 12.5. The maximum absolute atomic E-state index is 12.7. The Kier molecular flexibility index (Phi) is 5.81. The third-order valence-electron chi connectivity index (χ3n) is 4.42. The van der Waals surface area contributed by atoms with E-state index in [0.29, 0.717) is 43.3 Å².